The van der Waals surface area contributed by atoms with Crippen LogP contribution in [0, 0.1) is 0 Å². The van der Waals surface area contributed by atoms with Gasteiger partial charge in [-0.15, -0.1) is 0 Å². The highest BCUT2D eigenvalue weighted by atomic mass is 32.2. The van der Waals surface area contributed by atoms with Gasteiger partial charge in [0.25, 0.3) is 10.2 Å². The third-order valence-corrected chi connectivity index (χ3v) is 6.64. The average Bonchev–Trinajstić information content (AvgIpc) is 2.41. The lowest BCUT2D eigenvalue weighted by atomic mass is 10.0. The molecule has 122 valence electrons. The highest BCUT2D eigenvalue weighted by Crippen LogP contribution is 2.27. The number of rotatable bonds is 3. The number of carbonyl (C=O) groups is 1. The van der Waals surface area contributed by atoms with Crippen LogP contribution in [0.3, 0.4) is 0 Å². The number of piperidine rings is 1. The summed E-state index contributed by atoms with van der Waals surface area (Å²) < 4.78 is 28.3. The predicted molar refractivity (Wildman–Crippen MR) is 79.2 cm³/mol. The number of likely N-dealkylation sites (N-methyl/N-ethyl adjacent to an activating group) is 1. The van der Waals surface area contributed by atoms with Crippen molar-refractivity contribution >= 4 is 16.2 Å². The monoisotopic (exact) mass is 319 g/mol. The lowest BCUT2D eigenvalue weighted by Crippen LogP contribution is -2.62. The number of aliphatic carboxylic acids is 1. The fourth-order valence-corrected chi connectivity index (χ4v) is 4.93. The van der Waals surface area contributed by atoms with Crippen molar-refractivity contribution in [1.82, 2.24) is 13.5 Å². The third kappa shape index (κ3) is 3.23. The Hall–Kier alpha value is -0.700. The molecule has 1 atom stereocenters. The van der Waals surface area contributed by atoms with Crippen LogP contribution in [0.5, 0.6) is 0 Å². The number of carboxylic acid groups (broad SMARTS) is 1. The number of carboxylic acids is 1. The zero-order valence-electron chi connectivity index (χ0n) is 12.9. The first kappa shape index (κ1) is 16.7. The number of nitrogens with zero attached hydrogens (tertiary/aromatic N) is 3. The van der Waals surface area contributed by atoms with Crippen molar-refractivity contribution in [2.45, 2.75) is 44.7 Å². The van der Waals surface area contributed by atoms with Gasteiger partial charge in [0.15, 0.2) is 0 Å². The first-order valence-electron chi connectivity index (χ1n) is 7.37. The molecular weight excluding hydrogens is 294 g/mol. The van der Waals surface area contributed by atoms with E-state index in [0.29, 0.717) is 32.6 Å². The quantitative estimate of drug-likeness (QED) is 0.803. The van der Waals surface area contributed by atoms with E-state index in [1.54, 1.807) is 0 Å². The standard InChI is InChI=1S/C13H25N3O4S/c1-13(2)10-15(9-8-14(13)3)21(19,20)16-7-5-4-6-11(16)12(17)18/h11H,4-10H2,1-3H3,(H,17,18). The number of piperazine rings is 1. The molecule has 2 rings (SSSR count). The second-order valence-electron chi connectivity index (χ2n) is 6.54. The maximum atomic E-state index is 12.8. The molecule has 1 N–H and O–H groups in total. The molecule has 0 aliphatic carbocycles. The van der Waals surface area contributed by atoms with Crippen LogP contribution in [-0.2, 0) is 15.0 Å². The first-order valence-corrected chi connectivity index (χ1v) is 8.77. The van der Waals surface area contributed by atoms with E-state index in [2.05, 4.69) is 4.90 Å². The summed E-state index contributed by atoms with van der Waals surface area (Å²) in [6.07, 6.45) is 1.88. The van der Waals surface area contributed by atoms with Crippen LogP contribution in [0.15, 0.2) is 0 Å². The minimum absolute atomic E-state index is 0.250. The molecule has 0 aromatic carbocycles. The number of hydrogen-bond donors (Lipinski definition) is 1. The van der Waals surface area contributed by atoms with Gasteiger partial charge < -0.3 is 5.11 Å². The van der Waals surface area contributed by atoms with Crippen LogP contribution in [-0.4, -0.2) is 77.8 Å². The molecule has 0 spiro atoms. The predicted octanol–water partition coefficient (Wildman–Crippen LogP) is 0.196. The topological polar surface area (TPSA) is 81.2 Å². The van der Waals surface area contributed by atoms with Gasteiger partial charge in [0.05, 0.1) is 0 Å². The van der Waals surface area contributed by atoms with E-state index < -0.39 is 22.2 Å². The van der Waals surface area contributed by atoms with Crippen LogP contribution in [0.25, 0.3) is 0 Å². The van der Waals surface area contributed by atoms with Crippen molar-refractivity contribution in [2.24, 2.45) is 0 Å². The molecule has 0 bridgehead atoms. The van der Waals surface area contributed by atoms with Crippen LogP contribution in [0.2, 0.25) is 0 Å². The zero-order valence-corrected chi connectivity index (χ0v) is 13.8. The maximum absolute atomic E-state index is 12.8. The van der Waals surface area contributed by atoms with Gasteiger partial charge >= 0.3 is 5.97 Å². The van der Waals surface area contributed by atoms with Crippen LogP contribution in [0.1, 0.15) is 33.1 Å². The summed E-state index contributed by atoms with van der Waals surface area (Å²) in [5, 5.41) is 9.28. The Balaban J connectivity index is 2.22. The van der Waals surface area contributed by atoms with E-state index in [0.717, 1.165) is 12.8 Å². The third-order valence-electron chi connectivity index (χ3n) is 4.64. The summed E-state index contributed by atoms with van der Waals surface area (Å²) in [6.45, 7) is 5.74. The molecular formula is C13H25N3O4S. The highest BCUT2D eigenvalue weighted by Gasteiger charge is 2.43. The summed E-state index contributed by atoms with van der Waals surface area (Å²) in [5.74, 6) is -1.05. The van der Waals surface area contributed by atoms with Crippen molar-refractivity contribution in [3.05, 3.63) is 0 Å². The fourth-order valence-electron chi connectivity index (χ4n) is 2.97. The Morgan fingerprint density at radius 3 is 2.43 bits per heavy atom. The summed E-state index contributed by atoms with van der Waals surface area (Å²) in [5.41, 5.74) is -0.250. The Labute approximate surface area is 126 Å². The molecule has 0 saturated carbocycles. The molecule has 0 aromatic rings. The Morgan fingerprint density at radius 1 is 1.19 bits per heavy atom. The van der Waals surface area contributed by atoms with Crippen molar-refractivity contribution in [2.75, 3.05) is 33.2 Å². The molecule has 2 aliphatic rings. The van der Waals surface area contributed by atoms with Gasteiger partial charge in [-0.2, -0.15) is 17.0 Å². The van der Waals surface area contributed by atoms with Gasteiger partial charge in [0.2, 0.25) is 0 Å². The van der Waals surface area contributed by atoms with Gasteiger partial charge in [-0.05, 0) is 40.2 Å². The minimum atomic E-state index is -3.71. The summed E-state index contributed by atoms with van der Waals surface area (Å²) in [6, 6.07) is -0.925. The average molecular weight is 319 g/mol. The van der Waals surface area contributed by atoms with Gasteiger partial charge in [0, 0.05) is 31.7 Å². The largest absolute Gasteiger partial charge is 0.480 e. The maximum Gasteiger partial charge on any atom is 0.322 e. The molecule has 21 heavy (non-hydrogen) atoms. The summed E-state index contributed by atoms with van der Waals surface area (Å²) in [7, 11) is -1.74. The van der Waals surface area contributed by atoms with E-state index in [9.17, 15) is 18.3 Å². The molecule has 2 saturated heterocycles. The molecule has 0 aromatic heterocycles. The molecule has 7 nitrogen and oxygen atoms in total. The molecule has 1 unspecified atom stereocenters. The van der Waals surface area contributed by atoms with Crippen LogP contribution in [0.4, 0.5) is 0 Å². The van der Waals surface area contributed by atoms with Crippen molar-refractivity contribution < 1.29 is 18.3 Å². The van der Waals surface area contributed by atoms with E-state index >= 15 is 0 Å². The molecule has 0 radical (unpaired) electrons. The Morgan fingerprint density at radius 2 is 1.86 bits per heavy atom. The SMILES string of the molecule is CN1CCN(S(=O)(=O)N2CCCCC2C(=O)O)CC1(C)C. The van der Waals surface area contributed by atoms with E-state index in [-0.39, 0.29) is 5.54 Å². The Kier molecular flexibility index (Phi) is 4.63. The second kappa shape index (κ2) is 5.83. The van der Waals surface area contributed by atoms with E-state index in [1.807, 2.05) is 20.9 Å². The Bertz CT molecular complexity index is 506. The van der Waals surface area contributed by atoms with Crippen LogP contribution >= 0.6 is 0 Å². The second-order valence-corrected chi connectivity index (χ2v) is 8.42. The van der Waals surface area contributed by atoms with Gasteiger partial charge in [0.1, 0.15) is 6.04 Å². The lowest BCUT2D eigenvalue weighted by Gasteiger charge is -2.46. The summed E-state index contributed by atoms with van der Waals surface area (Å²) in [4.78, 5) is 13.5. The van der Waals surface area contributed by atoms with Gasteiger partial charge in [-0.3, -0.25) is 9.69 Å². The van der Waals surface area contributed by atoms with Crippen LogP contribution < -0.4 is 0 Å². The first-order chi connectivity index (χ1) is 9.66. The van der Waals surface area contributed by atoms with Crippen molar-refractivity contribution in [3.63, 3.8) is 0 Å². The van der Waals surface area contributed by atoms with Crippen molar-refractivity contribution in [3.8, 4) is 0 Å². The normalized spacial score (nSPS) is 29.4. The van der Waals surface area contributed by atoms with Gasteiger partial charge in [-0.1, -0.05) is 0 Å². The molecule has 2 aliphatic heterocycles. The molecule has 2 heterocycles. The lowest BCUT2D eigenvalue weighted by molar-refractivity contribution is -0.142. The van der Waals surface area contributed by atoms with E-state index in [1.165, 1.54) is 8.61 Å². The number of hydrogen-bond acceptors (Lipinski definition) is 4. The van der Waals surface area contributed by atoms with Crippen molar-refractivity contribution in [1.29, 1.82) is 0 Å². The smallest absolute Gasteiger partial charge is 0.322 e. The highest BCUT2D eigenvalue weighted by molar-refractivity contribution is 7.86. The zero-order chi connectivity index (χ0) is 15.8. The minimum Gasteiger partial charge on any atom is -0.480 e. The fraction of sp³-hybridized carbons (Fsp3) is 0.923. The van der Waals surface area contributed by atoms with E-state index in [4.69, 9.17) is 0 Å². The molecule has 0 amide bonds. The summed E-state index contributed by atoms with van der Waals surface area (Å²) >= 11 is 0. The molecule has 2 fully saturated rings. The van der Waals surface area contributed by atoms with Gasteiger partial charge in [-0.25, -0.2) is 0 Å². The molecule has 8 heteroatoms.